The average molecular weight is 243 g/mol. The third kappa shape index (κ3) is 4.59. The number of hydrogen-bond donors (Lipinski definition) is 1. The van der Waals surface area contributed by atoms with Gasteiger partial charge >= 0.3 is 0 Å². The lowest BCUT2D eigenvalue weighted by Crippen LogP contribution is -2.26. The minimum absolute atomic E-state index is 0.209. The maximum absolute atomic E-state index is 11.6. The first-order valence-corrected chi connectivity index (χ1v) is 5.59. The number of hydrogen-bond acceptors (Lipinski definition) is 3. The maximum Gasteiger partial charge on any atom is 0.269 e. The van der Waals surface area contributed by atoms with Gasteiger partial charge in [-0.3, -0.25) is 9.78 Å². The van der Waals surface area contributed by atoms with Crippen molar-refractivity contribution in [2.45, 2.75) is 13.3 Å². The van der Waals surface area contributed by atoms with Crippen LogP contribution in [0, 0.1) is 0 Å². The van der Waals surface area contributed by atoms with Crippen LogP contribution in [0.15, 0.2) is 18.3 Å². The van der Waals surface area contributed by atoms with Gasteiger partial charge in [-0.25, -0.2) is 0 Å². The van der Waals surface area contributed by atoms with Crippen molar-refractivity contribution >= 4 is 17.5 Å². The largest absolute Gasteiger partial charge is 0.382 e. The van der Waals surface area contributed by atoms with Crippen LogP contribution < -0.4 is 5.32 Å². The van der Waals surface area contributed by atoms with Gasteiger partial charge in [-0.15, -0.1) is 0 Å². The van der Waals surface area contributed by atoms with Gasteiger partial charge in [-0.1, -0.05) is 11.6 Å². The second-order valence-corrected chi connectivity index (χ2v) is 3.60. The molecule has 4 nitrogen and oxygen atoms in total. The molecule has 0 atom stereocenters. The van der Waals surface area contributed by atoms with E-state index in [1.165, 1.54) is 6.20 Å². The Kier molecular flexibility index (Phi) is 5.82. The Bertz CT molecular complexity index is 345. The second kappa shape index (κ2) is 7.19. The van der Waals surface area contributed by atoms with E-state index in [0.29, 0.717) is 30.5 Å². The molecule has 1 heterocycles. The Hall–Kier alpha value is -1.13. The minimum atomic E-state index is -0.209. The Balaban J connectivity index is 2.30. The topological polar surface area (TPSA) is 51.2 Å². The molecular formula is C11H15ClN2O2. The Morgan fingerprint density at radius 1 is 1.62 bits per heavy atom. The van der Waals surface area contributed by atoms with Gasteiger partial charge in [0.05, 0.1) is 0 Å². The number of nitrogens with zero attached hydrogens (tertiary/aromatic N) is 1. The van der Waals surface area contributed by atoms with Crippen LogP contribution in [0.5, 0.6) is 0 Å². The smallest absolute Gasteiger partial charge is 0.269 e. The average Bonchev–Trinajstić information content (AvgIpc) is 2.28. The van der Waals surface area contributed by atoms with Gasteiger partial charge in [0, 0.05) is 31.0 Å². The normalized spacial score (nSPS) is 10.1. The number of rotatable bonds is 6. The summed E-state index contributed by atoms with van der Waals surface area (Å²) in [5.74, 6) is -0.209. The van der Waals surface area contributed by atoms with Gasteiger partial charge in [0.15, 0.2) is 0 Å². The number of amides is 1. The van der Waals surface area contributed by atoms with Crippen LogP contribution in [-0.2, 0) is 4.74 Å². The monoisotopic (exact) mass is 242 g/mol. The van der Waals surface area contributed by atoms with Gasteiger partial charge < -0.3 is 10.1 Å². The van der Waals surface area contributed by atoms with Gasteiger partial charge in [0.25, 0.3) is 5.91 Å². The molecule has 5 heteroatoms. The van der Waals surface area contributed by atoms with E-state index in [0.717, 1.165) is 6.42 Å². The lowest BCUT2D eigenvalue weighted by molar-refractivity contribution is 0.0939. The Morgan fingerprint density at radius 2 is 2.44 bits per heavy atom. The SMILES string of the molecule is CCOCCCNC(=O)c1cc(Cl)ccn1. The van der Waals surface area contributed by atoms with Crippen molar-refractivity contribution in [1.29, 1.82) is 0 Å². The molecule has 88 valence electrons. The van der Waals surface area contributed by atoms with Crippen molar-refractivity contribution in [3.05, 3.63) is 29.0 Å². The molecule has 0 bridgehead atoms. The van der Waals surface area contributed by atoms with E-state index < -0.39 is 0 Å². The lowest BCUT2D eigenvalue weighted by atomic mass is 10.3. The first-order chi connectivity index (χ1) is 7.74. The number of pyridine rings is 1. The summed E-state index contributed by atoms with van der Waals surface area (Å²) < 4.78 is 5.15. The highest BCUT2D eigenvalue weighted by Gasteiger charge is 2.06. The van der Waals surface area contributed by atoms with Crippen molar-refractivity contribution in [2.75, 3.05) is 19.8 Å². The predicted octanol–water partition coefficient (Wildman–Crippen LogP) is 1.89. The van der Waals surface area contributed by atoms with Crippen LogP contribution in [-0.4, -0.2) is 30.6 Å². The van der Waals surface area contributed by atoms with Crippen molar-refractivity contribution in [3.63, 3.8) is 0 Å². The van der Waals surface area contributed by atoms with Crippen LogP contribution in [0.2, 0.25) is 5.02 Å². The molecule has 1 N–H and O–H groups in total. The minimum Gasteiger partial charge on any atom is -0.382 e. The van der Waals surface area contributed by atoms with Crippen molar-refractivity contribution in [3.8, 4) is 0 Å². The fraction of sp³-hybridized carbons (Fsp3) is 0.455. The standard InChI is InChI=1S/C11H15ClN2O2/c1-2-16-7-3-5-14-11(15)10-8-9(12)4-6-13-10/h4,6,8H,2-3,5,7H2,1H3,(H,14,15). The van der Waals surface area contributed by atoms with Gasteiger partial charge in [0.1, 0.15) is 5.69 Å². The molecule has 1 rings (SSSR count). The summed E-state index contributed by atoms with van der Waals surface area (Å²) in [4.78, 5) is 15.5. The first kappa shape index (κ1) is 12.9. The molecule has 1 amide bonds. The second-order valence-electron chi connectivity index (χ2n) is 3.17. The Morgan fingerprint density at radius 3 is 3.12 bits per heavy atom. The maximum atomic E-state index is 11.6. The van der Waals surface area contributed by atoms with Crippen molar-refractivity contribution in [1.82, 2.24) is 10.3 Å². The molecule has 0 saturated heterocycles. The zero-order valence-electron chi connectivity index (χ0n) is 9.20. The van der Waals surface area contributed by atoms with E-state index in [-0.39, 0.29) is 5.91 Å². The van der Waals surface area contributed by atoms with Gasteiger partial charge in [-0.2, -0.15) is 0 Å². The number of halogens is 1. The highest BCUT2D eigenvalue weighted by atomic mass is 35.5. The number of carbonyl (C=O) groups is 1. The molecule has 0 saturated carbocycles. The van der Waals surface area contributed by atoms with E-state index in [4.69, 9.17) is 16.3 Å². The number of nitrogens with one attached hydrogen (secondary N) is 1. The number of carbonyl (C=O) groups excluding carboxylic acids is 1. The summed E-state index contributed by atoms with van der Waals surface area (Å²) in [6.07, 6.45) is 2.30. The van der Waals surface area contributed by atoms with Crippen LogP contribution in [0.4, 0.5) is 0 Å². The highest BCUT2D eigenvalue weighted by molar-refractivity contribution is 6.30. The van der Waals surface area contributed by atoms with E-state index in [1.807, 2.05) is 6.92 Å². The summed E-state index contributed by atoms with van der Waals surface area (Å²) in [6.45, 7) is 3.87. The summed E-state index contributed by atoms with van der Waals surface area (Å²) in [7, 11) is 0. The van der Waals surface area contributed by atoms with Crippen LogP contribution in [0.3, 0.4) is 0 Å². The lowest BCUT2D eigenvalue weighted by Gasteiger charge is -2.04. The zero-order chi connectivity index (χ0) is 11.8. The van der Waals surface area contributed by atoms with Crippen LogP contribution >= 0.6 is 11.6 Å². The van der Waals surface area contributed by atoms with E-state index in [9.17, 15) is 4.79 Å². The molecule has 1 aromatic rings. The molecule has 0 aromatic carbocycles. The Labute approximate surface area is 100.0 Å². The molecule has 1 aromatic heterocycles. The molecule has 0 unspecified atom stereocenters. The fourth-order valence-electron chi connectivity index (χ4n) is 1.14. The van der Waals surface area contributed by atoms with Crippen LogP contribution in [0.25, 0.3) is 0 Å². The van der Waals surface area contributed by atoms with Crippen molar-refractivity contribution in [2.24, 2.45) is 0 Å². The number of ether oxygens (including phenoxy) is 1. The number of aromatic nitrogens is 1. The third-order valence-corrected chi connectivity index (χ3v) is 2.14. The summed E-state index contributed by atoms with van der Waals surface area (Å²) >= 11 is 5.75. The van der Waals surface area contributed by atoms with E-state index in [2.05, 4.69) is 10.3 Å². The highest BCUT2D eigenvalue weighted by Crippen LogP contribution is 2.07. The summed E-state index contributed by atoms with van der Waals surface area (Å²) in [5, 5.41) is 3.25. The van der Waals surface area contributed by atoms with Crippen molar-refractivity contribution < 1.29 is 9.53 Å². The first-order valence-electron chi connectivity index (χ1n) is 5.21. The zero-order valence-corrected chi connectivity index (χ0v) is 9.96. The van der Waals surface area contributed by atoms with Gasteiger partial charge in [-0.05, 0) is 25.5 Å². The molecule has 16 heavy (non-hydrogen) atoms. The van der Waals surface area contributed by atoms with Gasteiger partial charge in [0.2, 0.25) is 0 Å². The molecule has 0 radical (unpaired) electrons. The molecule has 0 aliphatic rings. The molecule has 0 aliphatic carbocycles. The third-order valence-electron chi connectivity index (χ3n) is 1.91. The molecular weight excluding hydrogens is 228 g/mol. The summed E-state index contributed by atoms with van der Waals surface area (Å²) in [6, 6.07) is 3.17. The van der Waals surface area contributed by atoms with E-state index in [1.54, 1.807) is 12.1 Å². The molecule has 0 fully saturated rings. The van der Waals surface area contributed by atoms with Crippen LogP contribution in [0.1, 0.15) is 23.8 Å². The molecule has 0 spiro atoms. The van der Waals surface area contributed by atoms with E-state index >= 15 is 0 Å². The predicted molar refractivity (Wildman–Crippen MR) is 62.7 cm³/mol. The molecule has 0 aliphatic heterocycles. The summed E-state index contributed by atoms with van der Waals surface area (Å²) in [5.41, 5.74) is 0.337. The quantitative estimate of drug-likeness (QED) is 0.775. The fourth-order valence-corrected chi connectivity index (χ4v) is 1.30.